The summed E-state index contributed by atoms with van der Waals surface area (Å²) in [6, 6.07) is 11.0. The average Bonchev–Trinajstić information content (AvgIpc) is 2.86. The summed E-state index contributed by atoms with van der Waals surface area (Å²) < 4.78 is 26.2. The van der Waals surface area contributed by atoms with Crippen LogP contribution in [-0.2, 0) is 0 Å². The predicted molar refractivity (Wildman–Crippen MR) is 145 cm³/mol. The maximum absolute atomic E-state index is 14.3. The van der Waals surface area contributed by atoms with E-state index in [9.17, 15) is 4.39 Å². The standard InChI is InChI=1S/C27H33ClFN5O2/c1-17(21-14-23(29)22(28)15-24(21)32(2)3)36-26-12-18(16-31-27(26)30)20-7-6-19(13-25(20)35-5)34-10-8-33(4)9-11-34/h6-7,12-17H,8-11H2,1-5H3,(H2,30,31). The van der Waals surface area contributed by atoms with Gasteiger partial charge < -0.3 is 29.9 Å². The summed E-state index contributed by atoms with van der Waals surface area (Å²) in [7, 11) is 7.54. The van der Waals surface area contributed by atoms with Crippen molar-refractivity contribution in [2.45, 2.75) is 13.0 Å². The lowest BCUT2D eigenvalue weighted by Gasteiger charge is -2.34. The molecule has 0 aliphatic carbocycles. The highest BCUT2D eigenvalue weighted by atomic mass is 35.5. The quantitative estimate of drug-likeness (QED) is 0.472. The van der Waals surface area contributed by atoms with Crippen LogP contribution >= 0.6 is 11.6 Å². The normalized spacial score (nSPS) is 15.0. The van der Waals surface area contributed by atoms with Crippen molar-refractivity contribution in [2.75, 3.05) is 70.0 Å². The number of ether oxygens (including phenoxy) is 2. The Labute approximate surface area is 217 Å². The van der Waals surface area contributed by atoms with E-state index in [2.05, 4.69) is 34.0 Å². The van der Waals surface area contributed by atoms with Gasteiger partial charge in [0.25, 0.3) is 0 Å². The SMILES string of the molecule is COc1cc(N2CCN(C)CC2)ccc1-c1cnc(N)c(OC(C)c2cc(F)c(Cl)cc2N(C)C)c1. The molecule has 7 nitrogen and oxygen atoms in total. The van der Waals surface area contributed by atoms with Gasteiger partial charge in [0.15, 0.2) is 11.6 Å². The zero-order valence-corrected chi connectivity index (χ0v) is 22.1. The summed E-state index contributed by atoms with van der Waals surface area (Å²) >= 11 is 6.01. The molecule has 4 rings (SSSR count). The molecule has 1 aliphatic heterocycles. The van der Waals surface area contributed by atoms with Crippen LogP contribution in [0.1, 0.15) is 18.6 Å². The zero-order valence-electron chi connectivity index (χ0n) is 21.4. The molecule has 1 atom stereocenters. The number of anilines is 3. The van der Waals surface area contributed by atoms with Crippen LogP contribution < -0.4 is 25.0 Å². The van der Waals surface area contributed by atoms with Gasteiger partial charge in [-0.1, -0.05) is 11.6 Å². The predicted octanol–water partition coefficient (Wildman–Crippen LogP) is 5.09. The minimum atomic E-state index is -0.505. The number of rotatable bonds is 7. The minimum absolute atomic E-state index is 0.0601. The lowest BCUT2D eigenvalue weighted by molar-refractivity contribution is 0.227. The molecule has 192 valence electrons. The summed E-state index contributed by atoms with van der Waals surface area (Å²) in [5.41, 5.74) is 10.4. The van der Waals surface area contributed by atoms with Gasteiger partial charge in [-0.2, -0.15) is 0 Å². The summed E-state index contributed by atoms with van der Waals surface area (Å²) in [6.45, 7) is 5.83. The summed E-state index contributed by atoms with van der Waals surface area (Å²) in [6.07, 6.45) is 1.20. The molecule has 0 radical (unpaired) electrons. The van der Waals surface area contributed by atoms with E-state index >= 15 is 0 Å². The highest BCUT2D eigenvalue weighted by Crippen LogP contribution is 2.38. The van der Waals surface area contributed by atoms with Crippen LogP contribution in [0.25, 0.3) is 11.1 Å². The first-order valence-corrected chi connectivity index (χ1v) is 12.3. The first-order chi connectivity index (χ1) is 17.2. The molecule has 3 aromatic rings. The van der Waals surface area contributed by atoms with Crippen molar-refractivity contribution in [3.63, 3.8) is 0 Å². The molecule has 2 N–H and O–H groups in total. The lowest BCUT2D eigenvalue weighted by Crippen LogP contribution is -2.44. The van der Waals surface area contributed by atoms with Crippen LogP contribution in [0.2, 0.25) is 5.02 Å². The molecule has 1 aromatic heterocycles. The number of hydrogen-bond acceptors (Lipinski definition) is 7. The maximum atomic E-state index is 14.3. The number of nitrogens with zero attached hydrogens (tertiary/aromatic N) is 4. The number of likely N-dealkylation sites (N-methyl/N-ethyl adjacent to an activating group) is 1. The Hall–Kier alpha value is -3.23. The second-order valence-electron chi connectivity index (χ2n) is 9.26. The van der Waals surface area contributed by atoms with Crippen LogP contribution in [0, 0.1) is 5.82 Å². The van der Waals surface area contributed by atoms with Gasteiger partial charge in [0.2, 0.25) is 0 Å². The maximum Gasteiger partial charge on any atom is 0.166 e. The number of benzene rings is 2. The fourth-order valence-corrected chi connectivity index (χ4v) is 4.55. The van der Waals surface area contributed by atoms with Crippen molar-refractivity contribution in [1.29, 1.82) is 0 Å². The van der Waals surface area contributed by atoms with Crippen molar-refractivity contribution in [2.24, 2.45) is 0 Å². The van der Waals surface area contributed by atoms with E-state index in [1.54, 1.807) is 19.4 Å². The van der Waals surface area contributed by atoms with Crippen LogP contribution in [0.3, 0.4) is 0 Å². The van der Waals surface area contributed by atoms with Crippen molar-refractivity contribution >= 4 is 28.8 Å². The molecule has 1 unspecified atom stereocenters. The highest BCUT2D eigenvalue weighted by Gasteiger charge is 2.20. The van der Waals surface area contributed by atoms with Crippen molar-refractivity contribution < 1.29 is 13.9 Å². The van der Waals surface area contributed by atoms with Crippen molar-refractivity contribution in [3.05, 3.63) is 59.0 Å². The molecule has 9 heteroatoms. The van der Waals surface area contributed by atoms with Gasteiger partial charge >= 0.3 is 0 Å². The van der Waals surface area contributed by atoms with E-state index in [4.69, 9.17) is 26.8 Å². The average molecular weight is 514 g/mol. The van der Waals surface area contributed by atoms with E-state index in [1.165, 1.54) is 6.07 Å². The minimum Gasteiger partial charge on any atom is -0.496 e. The van der Waals surface area contributed by atoms with Gasteiger partial charge in [-0.3, -0.25) is 0 Å². The lowest BCUT2D eigenvalue weighted by atomic mass is 10.0. The molecule has 2 aromatic carbocycles. The molecule has 0 saturated carbocycles. The molecule has 1 fully saturated rings. The van der Waals surface area contributed by atoms with Crippen LogP contribution in [0.4, 0.5) is 21.6 Å². The Balaban J connectivity index is 1.63. The van der Waals surface area contributed by atoms with Gasteiger partial charge in [0.05, 0.1) is 12.1 Å². The number of pyridine rings is 1. The van der Waals surface area contributed by atoms with E-state index in [0.717, 1.165) is 54.4 Å². The monoisotopic (exact) mass is 513 g/mol. The number of halogens is 2. The number of methoxy groups -OCH3 is 1. The Morgan fingerprint density at radius 1 is 1.08 bits per heavy atom. The molecular formula is C27H33ClFN5O2. The molecular weight excluding hydrogens is 481 g/mol. The van der Waals surface area contributed by atoms with Gasteiger partial charge in [0.1, 0.15) is 17.7 Å². The van der Waals surface area contributed by atoms with Crippen LogP contribution in [0.5, 0.6) is 11.5 Å². The first kappa shape index (κ1) is 25.9. The van der Waals surface area contributed by atoms with Gasteiger partial charge in [-0.15, -0.1) is 0 Å². The number of hydrogen-bond donors (Lipinski definition) is 1. The molecule has 36 heavy (non-hydrogen) atoms. The third kappa shape index (κ3) is 5.44. The van der Waals surface area contributed by atoms with E-state index in [1.807, 2.05) is 38.1 Å². The van der Waals surface area contributed by atoms with E-state index in [0.29, 0.717) is 11.3 Å². The Kier molecular flexibility index (Phi) is 7.76. The first-order valence-electron chi connectivity index (χ1n) is 11.9. The van der Waals surface area contributed by atoms with Crippen molar-refractivity contribution in [3.8, 4) is 22.6 Å². The zero-order chi connectivity index (χ0) is 26.0. The topological polar surface area (TPSA) is 67.1 Å². The number of aromatic nitrogens is 1. The largest absolute Gasteiger partial charge is 0.496 e. The molecule has 1 saturated heterocycles. The summed E-state index contributed by atoms with van der Waals surface area (Å²) in [4.78, 5) is 10.9. The van der Waals surface area contributed by atoms with Gasteiger partial charge in [-0.05, 0) is 44.3 Å². The number of piperazine rings is 1. The number of nitrogen functional groups attached to an aromatic ring is 1. The fraction of sp³-hybridized carbons (Fsp3) is 0.370. The second kappa shape index (κ2) is 10.8. The molecule has 2 heterocycles. The third-order valence-corrected chi connectivity index (χ3v) is 6.83. The summed E-state index contributed by atoms with van der Waals surface area (Å²) in [5.74, 6) is 0.897. The smallest absolute Gasteiger partial charge is 0.166 e. The highest BCUT2D eigenvalue weighted by molar-refractivity contribution is 6.31. The fourth-order valence-electron chi connectivity index (χ4n) is 4.40. The molecule has 0 bridgehead atoms. The molecule has 1 aliphatic rings. The van der Waals surface area contributed by atoms with Gasteiger partial charge in [0, 0.05) is 80.6 Å². The van der Waals surface area contributed by atoms with E-state index in [-0.39, 0.29) is 10.8 Å². The van der Waals surface area contributed by atoms with Crippen molar-refractivity contribution in [1.82, 2.24) is 9.88 Å². The Morgan fingerprint density at radius 3 is 2.47 bits per heavy atom. The van der Waals surface area contributed by atoms with Gasteiger partial charge in [-0.25, -0.2) is 9.37 Å². The molecule has 0 spiro atoms. The van der Waals surface area contributed by atoms with Crippen LogP contribution in [-0.4, -0.2) is 64.3 Å². The Morgan fingerprint density at radius 2 is 1.81 bits per heavy atom. The third-order valence-electron chi connectivity index (χ3n) is 6.54. The summed E-state index contributed by atoms with van der Waals surface area (Å²) in [5, 5.41) is 0.0601. The Bertz CT molecular complexity index is 1230. The number of nitrogens with two attached hydrogens (primary N) is 1. The molecule has 0 amide bonds. The van der Waals surface area contributed by atoms with E-state index < -0.39 is 11.9 Å². The van der Waals surface area contributed by atoms with Crippen LogP contribution in [0.15, 0.2) is 42.6 Å². The second-order valence-corrected chi connectivity index (χ2v) is 9.67.